The summed E-state index contributed by atoms with van der Waals surface area (Å²) in [6, 6.07) is 8.02. The van der Waals surface area contributed by atoms with Crippen molar-refractivity contribution in [3.63, 3.8) is 0 Å². The highest BCUT2D eigenvalue weighted by Gasteiger charge is 2.48. The Morgan fingerprint density at radius 2 is 1.12 bits per heavy atom. The highest BCUT2D eigenvalue weighted by molar-refractivity contribution is 9.28. The first-order chi connectivity index (χ1) is 44.1. The minimum Gasteiger partial charge on any atom is -0.497 e. The molecule has 4 heterocycles. The molecule has 2 N–H and O–H groups in total. The van der Waals surface area contributed by atoms with Crippen LogP contribution in [-0.2, 0) is 53.4 Å². The normalized spacial score (nSPS) is 23.4. The van der Waals surface area contributed by atoms with Gasteiger partial charge in [0, 0.05) is 12.3 Å². The average molecular weight is 1470 g/mol. The molecule has 0 spiro atoms. The van der Waals surface area contributed by atoms with Gasteiger partial charge in [-0.05, 0) is 193 Å². The summed E-state index contributed by atoms with van der Waals surface area (Å²) < 4.78 is 63.9. The van der Waals surface area contributed by atoms with Crippen molar-refractivity contribution in [3.05, 3.63) is 112 Å². The fraction of sp³-hybridized carbons (Fsp3) is 0.701. The Hall–Kier alpha value is -2.78. The van der Waals surface area contributed by atoms with Gasteiger partial charge in [0.15, 0.2) is 11.6 Å². The molecule has 94 heavy (non-hydrogen) atoms. The van der Waals surface area contributed by atoms with Crippen LogP contribution < -0.4 is 4.74 Å². The molecule has 2 fully saturated rings. The summed E-state index contributed by atoms with van der Waals surface area (Å²) in [6.45, 7) is 50.6. The number of benzene rings is 1. The molecule has 0 aromatic heterocycles. The van der Waals surface area contributed by atoms with Crippen LogP contribution in [0.3, 0.4) is 0 Å². The zero-order chi connectivity index (χ0) is 70.1. The number of ether oxygens (including phenoxy) is 8. The number of rotatable bonds is 37. The van der Waals surface area contributed by atoms with Crippen LogP contribution in [0.1, 0.15) is 207 Å². The Morgan fingerprint density at radius 1 is 0.670 bits per heavy atom. The second-order valence-electron chi connectivity index (χ2n) is 29.7. The fourth-order valence-corrected chi connectivity index (χ4v) is 26.2. The smallest absolute Gasteiger partial charge is 0.381 e. The summed E-state index contributed by atoms with van der Waals surface area (Å²) in [6.07, 6.45) is 27.5. The van der Waals surface area contributed by atoms with E-state index < -0.39 is 40.3 Å². The fourth-order valence-electron chi connectivity index (χ4n) is 14.8. The number of carboxylic acids is 1. The molecule has 4 aliphatic rings. The molecule has 2 saturated heterocycles. The van der Waals surface area contributed by atoms with Gasteiger partial charge < -0.3 is 57.0 Å². The molecule has 1 aromatic carbocycles. The van der Waals surface area contributed by atoms with Crippen LogP contribution in [0.25, 0.3) is 0 Å². The van der Waals surface area contributed by atoms with E-state index in [-0.39, 0.29) is 54.9 Å². The topological polar surface area (TPSA) is 150 Å². The summed E-state index contributed by atoms with van der Waals surface area (Å²) in [5, 5.41) is 19.5. The molecule has 12 atom stereocenters. The number of methoxy groups -OCH3 is 1. The summed E-state index contributed by atoms with van der Waals surface area (Å²) >= 11 is 6.92. The van der Waals surface area contributed by atoms with Crippen molar-refractivity contribution in [2.45, 2.75) is 314 Å². The molecule has 17 heteroatoms. The number of aliphatic carboxylic acids is 1. The first-order valence-corrected chi connectivity index (χ1v) is 40.9. The Labute approximate surface area is 588 Å². The van der Waals surface area contributed by atoms with Gasteiger partial charge in [-0.15, -0.1) is 0 Å². The van der Waals surface area contributed by atoms with Gasteiger partial charge in [-0.3, -0.25) is 0 Å². The Balaban J connectivity index is 0.000000406. The molecular formula is C77H124Br2O13Si2. The number of aliphatic hydroxyl groups excluding tert-OH is 1. The van der Waals surface area contributed by atoms with Crippen molar-refractivity contribution >= 4 is 54.5 Å². The lowest BCUT2D eigenvalue weighted by Crippen LogP contribution is -2.50. The Morgan fingerprint density at radius 3 is 1.54 bits per heavy atom. The Bertz CT molecular complexity index is 2620. The highest BCUT2D eigenvalue weighted by Crippen LogP contribution is 2.46. The second-order valence-corrected chi connectivity index (χ2v) is 43.3. The number of carbonyl (C=O) groups is 1. The number of hydrogen-bond donors (Lipinski definition) is 2. The van der Waals surface area contributed by atoms with E-state index in [1.165, 1.54) is 5.57 Å². The van der Waals surface area contributed by atoms with E-state index in [0.29, 0.717) is 84.2 Å². The van der Waals surface area contributed by atoms with Crippen LogP contribution in [0.5, 0.6) is 5.75 Å². The van der Waals surface area contributed by atoms with E-state index in [0.717, 1.165) is 78.1 Å². The standard InChI is InChI=1S/C42H66Br2O6Si.C35H58O7Si/c1-29(2)51(30(3)4,31(5)6)50-38(26-33(8)24-32(7)25-37-15-12-14-36(48-37)22-23-41(43)44)16-13-17-39(40-28-47-42(9,10)49-40)46-27-34-18-20-35(45-11)21-19-34;1-24(2)43(25(3)4,26(5)6)42-31(17-12-18-32(36)33-23-39-35(9,10)41-33)22-28(8)20-27(7)21-30-16-11-14-29(40-30)15-13-19-34(37)38/h12-14,16,18-21,23,29-32,36-40H,8,15,17,22,24-28H2,1-7,9-11H3;11-12,14,17,24-27,29-33,36H,8,15-16,18,20-23H2,1-7,9-10H3,(H,37,38)/b16-13+;17-12+/t32-,36-,37-,38?,39+,40-;27-,29-,30-,31?,32+,33-/m00/s1. The second kappa shape index (κ2) is 40.5. The monoisotopic (exact) mass is 1470 g/mol. The quantitative estimate of drug-likeness (QED) is 0.0370. The largest absolute Gasteiger partial charge is 0.497 e. The number of aliphatic hydroxyl groups is 1. The molecule has 1 aromatic rings. The maximum Gasteiger partial charge on any atom is 0.381 e. The molecule has 5 rings (SSSR count). The van der Waals surface area contributed by atoms with E-state index in [2.05, 4.69) is 196 Å². The lowest BCUT2D eigenvalue weighted by Gasteiger charge is -2.44. The van der Waals surface area contributed by atoms with Crippen molar-refractivity contribution in [3.8, 4) is 17.6 Å². The summed E-state index contributed by atoms with van der Waals surface area (Å²) in [4.78, 5) is 10.7. The zero-order valence-corrected chi connectivity index (χ0v) is 66.2. The molecule has 0 saturated carbocycles. The first kappa shape index (κ1) is 83.6. The van der Waals surface area contributed by atoms with Gasteiger partial charge in [-0.25, -0.2) is 4.79 Å². The van der Waals surface area contributed by atoms with Crippen molar-refractivity contribution in [2.24, 2.45) is 11.8 Å². The molecule has 532 valence electrons. The predicted octanol–water partition coefficient (Wildman–Crippen LogP) is 19.9. The van der Waals surface area contributed by atoms with E-state index >= 15 is 0 Å². The third-order valence-electron chi connectivity index (χ3n) is 18.9. The van der Waals surface area contributed by atoms with E-state index in [1.807, 2.05) is 64.1 Å². The molecule has 2 unspecified atom stereocenters. The van der Waals surface area contributed by atoms with Crippen LogP contribution in [0.15, 0.2) is 107 Å². The van der Waals surface area contributed by atoms with Gasteiger partial charge in [0.1, 0.15) is 18.0 Å². The van der Waals surface area contributed by atoms with Gasteiger partial charge in [-0.2, -0.15) is 0 Å². The van der Waals surface area contributed by atoms with Crippen LogP contribution >= 0.6 is 31.9 Å². The molecular weight excluding hydrogens is 1350 g/mol. The summed E-state index contributed by atoms with van der Waals surface area (Å²) in [5.41, 5.74) is 6.28. The summed E-state index contributed by atoms with van der Waals surface area (Å²) in [5.74, 6) is 4.09. The minimum atomic E-state index is -2.16. The molecule has 0 radical (unpaired) electrons. The highest BCUT2D eigenvalue weighted by atomic mass is 79.9. The van der Waals surface area contributed by atoms with Gasteiger partial charge in [0.25, 0.3) is 0 Å². The van der Waals surface area contributed by atoms with Gasteiger partial charge >= 0.3 is 5.97 Å². The van der Waals surface area contributed by atoms with Crippen molar-refractivity contribution < 1.29 is 61.8 Å². The SMILES string of the molecule is C=C(CC(/C=C/C[C@@H](O)[C@@H]1COC(C)(C)O1)O[Si](C(C)C)(C(C)C)C(C)C)C[C@H](C)C[C@@H]1CC=C[C@@H](CC#CC(=O)O)O1.C=C(CC(/C=C/C[C@@H](OCc1ccc(OC)cc1)[C@@H]1COC(C)(C)O1)O[Si](C(C)C)(C(C)C)C(C)C)C[C@H](C)C[C@@H]1CC=C[C@@H](CC=C(Br)Br)O1. The van der Waals surface area contributed by atoms with Crippen molar-refractivity contribution in [2.75, 3.05) is 20.3 Å². The lowest BCUT2D eigenvalue weighted by atomic mass is 9.91. The summed E-state index contributed by atoms with van der Waals surface area (Å²) in [7, 11) is -2.64. The van der Waals surface area contributed by atoms with E-state index in [9.17, 15) is 9.90 Å². The van der Waals surface area contributed by atoms with Gasteiger partial charge in [0.2, 0.25) is 16.6 Å². The third-order valence-corrected chi connectivity index (χ3v) is 31.8. The molecule has 0 aliphatic carbocycles. The molecule has 0 amide bonds. The predicted molar refractivity (Wildman–Crippen MR) is 396 cm³/mol. The van der Waals surface area contributed by atoms with Gasteiger partial charge in [-0.1, -0.05) is 194 Å². The maximum absolute atomic E-state index is 10.8. The lowest BCUT2D eigenvalue weighted by molar-refractivity contribution is -0.157. The molecule has 4 aliphatic heterocycles. The maximum atomic E-state index is 10.8. The minimum absolute atomic E-state index is 0.0595. The van der Waals surface area contributed by atoms with Crippen LogP contribution in [-0.4, -0.2) is 126 Å². The number of hydrogen-bond acceptors (Lipinski definition) is 12. The van der Waals surface area contributed by atoms with Crippen LogP contribution in [0.2, 0.25) is 33.2 Å². The van der Waals surface area contributed by atoms with E-state index in [1.54, 1.807) is 7.11 Å². The number of halogens is 2. The average Bonchev–Trinajstić information content (AvgIpc) is 1.17. The third kappa shape index (κ3) is 28.1. The first-order valence-electron chi connectivity index (χ1n) is 35.0. The Kier molecular flexibility index (Phi) is 36.0. The molecule has 13 nitrogen and oxygen atoms in total. The van der Waals surface area contributed by atoms with Crippen molar-refractivity contribution in [1.82, 2.24) is 0 Å². The van der Waals surface area contributed by atoms with E-state index in [4.69, 9.17) is 51.9 Å². The van der Waals surface area contributed by atoms with Gasteiger partial charge in [0.05, 0.1) is 79.2 Å². The van der Waals surface area contributed by atoms with Crippen LogP contribution in [0.4, 0.5) is 0 Å². The number of carboxylic acid groups (broad SMARTS) is 1. The molecule has 0 bridgehead atoms. The zero-order valence-electron chi connectivity index (χ0n) is 61.1. The van der Waals surface area contributed by atoms with Crippen LogP contribution in [0, 0.1) is 23.7 Å². The van der Waals surface area contributed by atoms with Crippen molar-refractivity contribution in [1.29, 1.82) is 0 Å².